The normalized spacial score (nSPS) is 14.6. The number of benzene rings is 1. The predicted molar refractivity (Wildman–Crippen MR) is 187 cm³/mol. The lowest BCUT2D eigenvalue weighted by atomic mass is 9.92. The summed E-state index contributed by atoms with van der Waals surface area (Å²) in [5.41, 5.74) is 7.79. The predicted octanol–water partition coefficient (Wildman–Crippen LogP) is 7.07. The number of carbonyl (C=O) groups excluding carboxylic acids is 1. The lowest BCUT2D eigenvalue weighted by Crippen LogP contribution is -2.35. The van der Waals surface area contributed by atoms with E-state index in [-0.39, 0.29) is 24.2 Å². The summed E-state index contributed by atoms with van der Waals surface area (Å²) >= 11 is 0. The molecule has 48 heavy (non-hydrogen) atoms. The molecule has 1 aromatic carbocycles. The zero-order chi connectivity index (χ0) is 36.2. The van der Waals surface area contributed by atoms with Crippen molar-refractivity contribution in [1.82, 2.24) is 24.8 Å². The van der Waals surface area contributed by atoms with Crippen molar-refractivity contribution in [3.8, 4) is 5.69 Å². The maximum Gasteiger partial charge on any atom is 0.409 e. The monoisotopic (exact) mass is 672 g/mol. The second-order valence-electron chi connectivity index (χ2n) is 11.3. The lowest BCUT2D eigenvalue weighted by molar-refractivity contribution is -0.154. The minimum Gasteiger partial charge on any atom is -0.381 e. The Kier molecular flexibility index (Phi) is 15.5. The highest BCUT2D eigenvalue weighted by Gasteiger charge is 2.46. The number of carbonyl (C=O) groups is 1. The number of aryl methyl sites for hydroxylation is 1. The zero-order valence-electron chi connectivity index (χ0n) is 29.6. The van der Waals surface area contributed by atoms with Gasteiger partial charge in [-0.3, -0.25) is 24.0 Å². The van der Waals surface area contributed by atoms with Crippen LogP contribution in [0.4, 0.5) is 18.9 Å². The second-order valence-corrected chi connectivity index (χ2v) is 11.3. The number of hydrogen-bond donors (Lipinski definition) is 3. The van der Waals surface area contributed by atoms with E-state index in [9.17, 15) is 27.9 Å². The summed E-state index contributed by atoms with van der Waals surface area (Å²) in [6.45, 7) is 14.7. The van der Waals surface area contributed by atoms with Crippen molar-refractivity contribution < 1.29 is 23.1 Å². The van der Waals surface area contributed by atoms with Gasteiger partial charge in [-0.05, 0) is 62.4 Å². The number of aliphatic hydroxyl groups excluding tert-OH is 1. The topological polar surface area (TPSA) is 103 Å². The Bertz CT molecular complexity index is 1570. The Morgan fingerprint density at radius 2 is 1.75 bits per heavy atom. The van der Waals surface area contributed by atoms with E-state index in [0.29, 0.717) is 35.6 Å². The summed E-state index contributed by atoms with van der Waals surface area (Å²) in [6.07, 6.45) is 1.85. The van der Waals surface area contributed by atoms with Crippen LogP contribution in [0.5, 0.6) is 0 Å². The minimum atomic E-state index is -4.65. The van der Waals surface area contributed by atoms with E-state index in [4.69, 9.17) is 0 Å². The summed E-state index contributed by atoms with van der Waals surface area (Å²) in [5.74, 6) is 0.186. The molecule has 1 amide bonds. The molecule has 12 heteroatoms. The van der Waals surface area contributed by atoms with Crippen molar-refractivity contribution in [2.75, 3.05) is 39.3 Å². The third-order valence-corrected chi connectivity index (χ3v) is 7.91. The molecular formula is C36H51F3N6O3. The molecule has 0 radical (unpaired) electrons. The molecule has 9 nitrogen and oxygen atoms in total. The largest absolute Gasteiger partial charge is 0.409 e. The Balaban J connectivity index is 0.00000193. The number of nitrogens with zero attached hydrogens (tertiary/aromatic N) is 4. The number of alkyl halides is 3. The molecule has 3 N–H and O–H groups in total. The van der Waals surface area contributed by atoms with Crippen LogP contribution in [0.15, 0.2) is 59.2 Å². The van der Waals surface area contributed by atoms with Gasteiger partial charge in [0.25, 0.3) is 11.5 Å². The molecule has 0 fully saturated rings. The van der Waals surface area contributed by atoms with E-state index < -0.39 is 23.3 Å². The first kappa shape index (κ1) is 40.2. The molecule has 2 unspecified atom stereocenters. The molecule has 1 aliphatic heterocycles. The van der Waals surface area contributed by atoms with Gasteiger partial charge in [-0.2, -0.15) is 13.2 Å². The third kappa shape index (κ3) is 9.77. The molecule has 264 valence electrons. The summed E-state index contributed by atoms with van der Waals surface area (Å²) in [7, 11) is 3.44. The van der Waals surface area contributed by atoms with E-state index in [0.717, 1.165) is 24.0 Å². The van der Waals surface area contributed by atoms with Crippen LogP contribution in [0.25, 0.3) is 11.8 Å². The summed E-state index contributed by atoms with van der Waals surface area (Å²) < 4.78 is 42.1. The molecule has 0 saturated carbocycles. The summed E-state index contributed by atoms with van der Waals surface area (Å²) in [4.78, 5) is 33.4. The first-order valence-electron chi connectivity index (χ1n) is 16.5. The van der Waals surface area contributed by atoms with Gasteiger partial charge in [0, 0.05) is 56.4 Å². The van der Waals surface area contributed by atoms with Gasteiger partial charge in [-0.1, -0.05) is 58.4 Å². The van der Waals surface area contributed by atoms with E-state index >= 15 is 0 Å². The van der Waals surface area contributed by atoms with Crippen molar-refractivity contribution in [2.24, 2.45) is 0 Å². The van der Waals surface area contributed by atoms with Crippen LogP contribution < -0.4 is 16.4 Å². The third-order valence-electron chi connectivity index (χ3n) is 7.91. The highest BCUT2D eigenvalue weighted by atomic mass is 19.4. The van der Waals surface area contributed by atoms with Crippen LogP contribution in [0, 0.1) is 6.92 Å². The number of aliphatic hydroxyl groups is 1. The summed E-state index contributed by atoms with van der Waals surface area (Å²) in [6, 6.07) is 8.57. The molecule has 2 aromatic heterocycles. The standard InChI is InChI=1S/C32H39F3N6O3.2C2H6/c1-6-22(23-7-9-24(10-8-23)30(43)39(4)5)12-15-40(19-42)18-20(2)17-25-21(3)36-14-11-27(25)41-16-13-26-28(31(41)44)29(38-37-26)32(33,34)35;2*1-2/h7-11,13-14,16-17,22,29,37-38,42H,6,12,15,18-19H2,1-5H3;2*1-2H3/b20-17+;;. The van der Waals surface area contributed by atoms with Crippen LogP contribution in [0.2, 0.25) is 0 Å². The molecule has 0 spiro atoms. The first-order chi connectivity index (χ1) is 22.8. The number of halogens is 3. The van der Waals surface area contributed by atoms with Gasteiger partial charge in [-0.15, -0.1) is 0 Å². The minimum absolute atomic E-state index is 0.0501. The molecule has 2 atom stereocenters. The Hall–Kier alpha value is -4.00. The second kappa shape index (κ2) is 18.5. The van der Waals surface area contributed by atoms with Crippen molar-refractivity contribution in [2.45, 2.75) is 79.4 Å². The number of anilines is 1. The van der Waals surface area contributed by atoms with Gasteiger partial charge >= 0.3 is 6.18 Å². The van der Waals surface area contributed by atoms with Crippen LogP contribution in [-0.2, 0) is 0 Å². The Labute approximate surface area is 282 Å². The smallest absolute Gasteiger partial charge is 0.381 e. The van der Waals surface area contributed by atoms with E-state index in [1.807, 2.05) is 69.9 Å². The van der Waals surface area contributed by atoms with Gasteiger partial charge in [-0.25, -0.2) is 5.43 Å². The fourth-order valence-corrected chi connectivity index (χ4v) is 5.50. The van der Waals surface area contributed by atoms with Crippen LogP contribution in [-0.4, -0.2) is 70.5 Å². The zero-order valence-corrected chi connectivity index (χ0v) is 29.6. The molecule has 3 heterocycles. The van der Waals surface area contributed by atoms with Crippen LogP contribution >= 0.6 is 0 Å². The fraction of sp³-hybridized carbons (Fsp3) is 0.472. The van der Waals surface area contributed by atoms with E-state index in [1.54, 1.807) is 32.0 Å². The fourth-order valence-electron chi connectivity index (χ4n) is 5.50. The number of pyridine rings is 2. The molecular weight excluding hydrogens is 621 g/mol. The van der Waals surface area contributed by atoms with Crippen molar-refractivity contribution in [3.05, 3.63) is 92.7 Å². The number of amides is 1. The quantitative estimate of drug-likeness (QED) is 0.187. The Morgan fingerprint density at radius 3 is 2.31 bits per heavy atom. The number of fused-ring (bicyclic) bond motifs is 1. The van der Waals surface area contributed by atoms with Gasteiger partial charge < -0.3 is 15.4 Å². The molecule has 4 rings (SSSR count). The van der Waals surface area contributed by atoms with Crippen LogP contribution in [0.1, 0.15) is 99.1 Å². The van der Waals surface area contributed by atoms with E-state index in [1.165, 1.54) is 23.0 Å². The number of aromatic nitrogens is 2. The number of hydrogen-bond acceptors (Lipinski definition) is 7. The molecule has 0 saturated heterocycles. The highest BCUT2D eigenvalue weighted by Crippen LogP contribution is 2.38. The van der Waals surface area contributed by atoms with E-state index in [2.05, 4.69) is 22.8 Å². The SMILES string of the molecule is CC.CC.CCC(CCN(CO)C/C(C)=C/c1c(-n2ccc3c(c2=O)C(C(F)(F)F)NN3)ccnc1C)c1ccc(C(=O)N(C)C)cc1. The molecule has 3 aromatic rings. The van der Waals surface area contributed by atoms with Gasteiger partial charge in [0.05, 0.1) is 23.7 Å². The number of hydrazine groups is 1. The van der Waals surface area contributed by atoms with Gasteiger partial charge in [0.15, 0.2) is 6.04 Å². The number of nitrogens with one attached hydrogen (secondary N) is 2. The van der Waals surface area contributed by atoms with Crippen molar-refractivity contribution in [1.29, 1.82) is 0 Å². The molecule has 1 aliphatic rings. The van der Waals surface area contributed by atoms with Crippen molar-refractivity contribution in [3.63, 3.8) is 0 Å². The highest BCUT2D eigenvalue weighted by molar-refractivity contribution is 5.93. The average Bonchev–Trinajstić information content (AvgIpc) is 3.54. The number of rotatable bonds is 11. The average molecular weight is 673 g/mol. The lowest BCUT2D eigenvalue weighted by Gasteiger charge is -2.24. The first-order valence-corrected chi connectivity index (χ1v) is 16.5. The molecule has 0 bridgehead atoms. The van der Waals surface area contributed by atoms with Gasteiger partial charge in [0.1, 0.15) is 0 Å². The maximum absolute atomic E-state index is 13.6. The maximum atomic E-state index is 13.6. The van der Waals surface area contributed by atoms with Crippen molar-refractivity contribution >= 4 is 17.7 Å². The summed E-state index contributed by atoms with van der Waals surface area (Å²) in [5, 5.41) is 10.1. The van der Waals surface area contributed by atoms with Crippen LogP contribution in [0.3, 0.4) is 0 Å². The Morgan fingerprint density at radius 1 is 1.10 bits per heavy atom. The molecule has 0 aliphatic carbocycles. The van der Waals surface area contributed by atoms with Gasteiger partial charge in [0.2, 0.25) is 0 Å².